The van der Waals surface area contributed by atoms with E-state index in [9.17, 15) is 4.79 Å². The molecule has 3 aromatic rings. The Balaban J connectivity index is 1.88. The molecule has 0 unspecified atom stereocenters. The van der Waals surface area contributed by atoms with Gasteiger partial charge in [0.1, 0.15) is 6.33 Å². The molecule has 0 aromatic carbocycles. The summed E-state index contributed by atoms with van der Waals surface area (Å²) in [5.41, 5.74) is 3.62. The molecule has 1 amide bonds. The number of imidazole rings is 1. The molecule has 0 saturated heterocycles. The van der Waals surface area contributed by atoms with Crippen LogP contribution in [0.4, 0.5) is 9.93 Å². The van der Waals surface area contributed by atoms with Gasteiger partial charge in [0, 0.05) is 18.6 Å². The van der Waals surface area contributed by atoms with Gasteiger partial charge in [-0.25, -0.2) is 14.8 Å². The lowest BCUT2D eigenvalue weighted by molar-refractivity contribution is 0.253. The monoisotopic (exact) mass is 325 g/mol. The topological polar surface area (TPSA) is 72.7 Å². The maximum absolute atomic E-state index is 12.0. The summed E-state index contributed by atoms with van der Waals surface area (Å²) >= 11 is 1.42. The van der Waals surface area contributed by atoms with E-state index in [0.717, 1.165) is 27.4 Å². The molecule has 0 spiro atoms. The Morgan fingerprint density at radius 2 is 2.22 bits per heavy atom. The number of carbonyl (C=O) groups excluding carboxylic acids is 1. The number of nitrogens with zero attached hydrogens (tertiary/aromatic N) is 4. The Bertz CT molecular complexity index is 866. The third-order valence-corrected chi connectivity index (χ3v) is 4.33. The fourth-order valence-corrected chi connectivity index (χ4v) is 3.01. The Labute approximate surface area is 137 Å². The predicted octanol–water partition coefficient (Wildman–Crippen LogP) is 3.82. The molecule has 0 fully saturated rings. The van der Waals surface area contributed by atoms with E-state index >= 15 is 0 Å². The molecule has 3 heterocycles. The molecule has 3 rings (SSSR count). The average molecular weight is 325 g/mol. The van der Waals surface area contributed by atoms with Crippen LogP contribution < -0.4 is 5.32 Å². The normalized spacial score (nSPS) is 10.5. The number of aromatic nitrogens is 4. The van der Waals surface area contributed by atoms with Crippen molar-refractivity contribution in [1.29, 1.82) is 0 Å². The largest absolute Gasteiger partial charge is 0.333 e. The number of aryl methyl sites for hydroxylation is 1. The van der Waals surface area contributed by atoms with Crippen molar-refractivity contribution >= 4 is 28.1 Å². The molecule has 0 aliphatic carbocycles. The van der Waals surface area contributed by atoms with Gasteiger partial charge in [-0.2, -0.15) is 0 Å². The van der Waals surface area contributed by atoms with Crippen LogP contribution >= 0.6 is 11.3 Å². The maximum Gasteiger partial charge on any atom is 0.333 e. The van der Waals surface area contributed by atoms with Crippen molar-refractivity contribution in [3.8, 4) is 10.4 Å². The van der Waals surface area contributed by atoms with E-state index in [1.54, 1.807) is 18.6 Å². The van der Waals surface area contributed by atoms with Gasteiger partial charge in [0.05, 0.1) is 16.3 Å². The minimum Gasteiger partial charge on any atom is -0.283 e. The van der Waals surface area contributed by atoms with E-state index in [-0.39, 0.29) is 6.03 Å². The Morgan fingerprint density at radius 1 is 1.39 bits per heavy atom. The van der Waals surface area contributed by atoms with Crippen molar-refractivity contribution in [3.05, 3.63) is 55.0 Å². The summed E-state index contributed by atoms with van der Waals surface area (Å²) < 4.78 is 1.36. The van der Waals surface area contributed by atoms with Crippen LogP contribution in [0, 0.1) is 6.92 Å². The second-order valence-electron chi connectivity index (χ2n) is 5.04. The van der Waals surface area contributed by atoms with Crippen LogP contribution in [-0.4, -0.2) is 25.6 Å². The number of nitrogens with one attached hydrogen (secondary N) is 1. The van der Waals surface area contributed by atoms with E-state index in [4.69, 9.17) is 0 Å². The van der Waals surface area contributed by atoms with Gasteiger partial charge in [0.15, 0.2) is 5.13 Å². The molecule has 6 nitrogen and oxygen atoms in total. The van der Waals surface area contributed by atoms with Gasteiger partial charge in [0.25, 0.3) is 0 Å². The van der Waals surface area contributed by atoms with Crippen molar-refractivity contribution in [2.24, 2.45) is 0 Å². The quantitative estimate of drug-likeness (QED) is 0.794. The second-order valence-corrected chi connectivity index (χ2v) is 6.04. The highest BCUT2D eigenvalue weighted by Gasteiger charge is 2.13. The van der Waals surface area contributed by atoms with Crippen LogP contribution in [0.5, 0.6) is 0 Å². The number of rotatable bonds is 3. The van der Waals surface area contributed by atoms with Crippen LogP contribution in [0.1, 0.15) is 18.3 Å². The second kappa shape index (κ2) is 6.13. The van der Waals surface area contributed by atoms with E-state index in [1.165, 1.54) is 22.2 Å². The molecular formula is C16H15N5OS. The van der Waals surface area contributed by atoms with Crippen LogP contribution in [0.25, 0.3) is 16.0 Å². The number of anilines is 1. The van der Waals surface area contributed by atoms with Gasteiger partial charge >= 0.3 is 6.03 Å². The molecule has 7 heteroatoms. The highest BCUT2D eigenvalue weighted by molar-refractivity contribution is 7.19. The average Bonchev–Trinajstić information content (AvgIpc) is 3.17. The van der Waals surface area contributed by atoms with E-state index in [0.29, 0.717) is 5.13 Å². The lowest BCUT2D eigenvalue weighted by Gasteiger charge is -2.02. The first kappa shape index (κ1) is 15.1. The lowest BCUT2D eigenvalue weighted by atomic mass is 10.1. The van der Waals surface area contributed by atoms with Crippen molar-refractivity contribution < 1.29 is 4.79 Å². The first-order valence-corrected chi connectivity index (χ1v) is 7.75. The molecule has 23 heavy (non-hydrogen) atoms. The summed E-state index contributed by atoms with van der Waals surface area (Å²) in [6.07, 6.45) is 6.33. The van der Waals surface area contributed by atoms with Crippen LogP contribution in [0.15, 0.2) is 43.6 Å². The van der Waals surface area contributed by atoms with E-state index in [1.807, 2.05) is 26.0 Å². The summed E-state index contributed by atoms with van der Waals surface area (Å²) in [5.74, 6) is 0. The Morgan fingerprint density at radius 3 is 2.91 bits per heavy atom. The molecule has 116 valence electrons. The molecule has 0 saturated carbocycles. The third kappa shape index (κ3) is 3.19. The summed E-state index contributed by atoms with van der Waals surface area (Å²) in [6, 6.07) is 3.61. The van der Waals surface area contributed by atoms with Crippen molar-refractivity contribution in [2.75, 3.05) is 5.32 Å². The summed E-state index contributed by atoms with van der Waals surface area (Å²) in [6.45, 7) is 7.75. The number of thiazole rings is 1. The van der Waals surface area contributed by atoms with Crippen LogP contribution in [0.3, 0.4) is 0 Å². The Kier molecular flexibility index (Phi) is 4.03. The number of carbonyl (C=O) groups is 1. The highest BCUT2D eigenvalue weighted by Crippen LogP contribution is 2.33. The van der Waals surface area contributed by atoms with Gasteiger partial charge in [-0.15, -0.1) is 0 Å². The molecule has 3 aromatic heterocycles. The third-order valence-electron chi connectivity index (χ3n) is 3.21. The van der Waals surface area contributed by atoms with Crippen molar-refractivity contribution in [3.63, 3.8) is 0 Å². The van der Waals surface area contributed by atoms with Crippen molar-refractivity contribution in [2.45, 2.75) is 13.8 Å². The van der Waals surface area contributed by atoms with Crippen LogP contribution in [-0.2, 0) is 0 Å². The smallest absolute Gasteiger partial charge is 0.283 e. The standard InChI is InChI=1S/C16H15N5OS/c1-10(2)13-8-12(4-5-18-13)14-11(3)19-15(23-14)20-16(22)21-7-6-17-9-21/h4-9H,1H2,2-3H3,(H,19,20,22). The van der Waals surface area contributed by atoms with Gasteiger partial charge in [-0.05, 0) is 37.1 Å². The molecule has 0 aliphatic heterocycles. The first-order valence-electron chi connectivity index (χ1n) is 6.93. The number of amides is 1. The molecule has 0 aliphatic rings. The summed E-state index contributed by atoms with van der Waals surface area (Å²) in [4.78, 5) is 25.6. The molecule has 1 N–H and O–H groups in total. The number of allylic oxidation sites excluding steroid dienone is 1. The van der Waals surface area contributed by atoms with Gasteiger partial charge < -0.3 is 0 Å². The zero-order valence-electron chi connectivity index (χ0n) is 12.8. The summed E-state index contributed by atoms with van der Waals surface area (Å²) in [7, 11) is 0. The van der Waals surface area contributed by atoms with Gasteiger partial charge in [0.2, 0.25) is 0 Å². The SMILES string of the molecule is C=C(C)c1cc(-c2sc(NC(=O)n3ccnc3)nc2C)ccn1. The zero-order chi connectivity index (χ0) is 16.4. The number of pyridine rings is 1. The van der Waals surface area contributed by atoms with E-state index < -0.39 is 0 Å². The fourth-order valence-electron chi connectivity index (χ4n) is 2.06. The zero-order valence-corrected chi connectivity index (χ0v) is 13.6. The minimum atomic E-state index is -0.292. The minimum absolute atomic E-state index is 0.292. The van der Waals surface area contributed by atoms with Gasteiger partial charge in [-0.3, -0.25) is 14.9 Å². The molecular weight excluding hydrogens is 310 g/mol. The molecule has 0 bridgehead atoms. The van der Waals surface area contributed by atoms with Crippen LogP contribution in [0.2, 0.25) is 0 Å². The molecule has 0 radical (unpaired) electrons. The predicted molar refractivity (Wildman–Crippen MR) is 91.4 cm³/mol. The van der Waals surface area contributed by atoms with Gasteiger partial charge in [-0.1, -0.05) is 17.9 Å². The number of hydrogen-bond donors (Lipinski definition) is 1. The highest BCUT2D eigenvalue weighted by atomic mass is 32.1. The van der Waals surface area contributed by atoms with Crippen molar-refractivity contribution in [1.82, 2.24) is 19.5 Å². The Hall–Kier alpha value is -2.80. The molecule has 0 atom stereocenters. The fraction of sp³-hybridized carbons (Fsp3) is 0.125. The van der Waals surface area contributed by atoms with E-state index in [2.05, 4.69) is 26.8 Å². The number of hydrogen-bond acceptors (Lipinski definition) is 5. The maximum atomic E-state index is 12.0. The summed E-state index contributed by atoms with van der Waals surface area (Å²) in [5, 5.41) is 3.32. The first-order chi connectivity index (χ1) is 11.0. The lowest BCUT2D eigenvalue weighted by Crippen LogP contribution is -2.17.